The summed E-state index contributed by atoms with van der Waals surface area (Å²) in [6, 6.07) is 7.86. The summed E-state index contributed by atoms with van der Waals surface area (Å²) in [5, 5.41) is 12.1. The van der Waals surface area contributed by atoms with Gasteiger partial charge in [-0.1, -0.05) is 13.0 Å². The summed E-state index contributed by atoms with van der Waals surface area (Å²) in [5.41, 5.74) is 1.10. The number of thiophene rings is 1. The van der Waals surface area contributed by atoms with Crippen LogP contribution in [0.1, 0.15) is 29.8 Å². The molecule has 1 aliphatic heterocycles. The van der Waals surface area contributed by atoms with Crippen LogP contribution in [0.15, 0.2) is 35.7 Å². The van der Waals surface area contributed by atoms with Gasteiger partial charge in [0.15, 0.2) is 0 Å². The Kier molecular flexibility index (Phi) is 8.83. The van der Waals surface area contributed by atoms with Gasteiger partial charge in [-0.2, -0.15) is 0 Å². The average molecular weight is 451 g/mol. The quantitative estimate of drug-likeness (QED) is 0.570. The zero-order chi connectivity index (χ0) is 22.2. The monoisotopic (exact) mass is 450 g/mol. The first-order valence-corrected chi connectivity index (χ1v) is 11.5. The molecule has 1 aliphatic rings. The number of fused-ring (bicyclic) bond motifs is 1. The number of hydrogen-bond donors (Lipinski definition) is 1. The highest BCUT2D eigenvalue weighted by molar-refractivity contribution is 7.10. The molecule has 1 aromatic carbocycles. The van der Waals surface area contributed by atoms with Crippen molar-refractivity contribution < 1.29 is 23.8 Å². The van der Waals surface area contributed by atoms with Crippen LogP contribution < -0.4 is 4.74 Å². The maximum atomic E-state index is 13.5. The Balaban J connectivity index is 1.72. The van der Waals surface area contributed by atoms with Crippen molar-refractivity contribution in [1.82, 2.24) is 9.80 Å². The second kappa shape index (κ2) is 11.6. The number of halogens is 1. The first-order valence-electron chi connectivity index (χ1n) is 10.6. The molecule has 1 amide bonds. The van der Waals surface area contributed by atoms with E-state index in [1.54, 1.807) is 30.6 Å². The first kappa shape index (κ1) is 23.7. The summed E-state index contributed by atoms with van der Waals surface area (Å²) in [7, 11) is 1.62. The Hall–Kier alpha value is -2.00. The molecule has 0 fully saturated rings. The fourth-order valence-electron chi connectivity index (χ4n) is 3.77. The maximum absolute atomic E-state index is 13.5. The molecule has 0 aliphatic carbocycles. The van der Waals surface area contributed by atoms with Gasteiger partial charge in [-0.25, -0.2) is 4.39 Å². The van der Waals surface area contributed by atoms with Crippen molar-refractivity contribution >= 4 is 17.2 Å². The molecule has 1 aromatic heterocycles. The molecule has 170 valence electrons. The number of amides is 1. The van der Waals surface area contributed by atoms with Crippen molar-refractivity contribution in [3.63, 3.8) is 0 Å². The smallest absolute Gasteiger partial charge is 0.237 e. The molecule has 6 nitrogen and oxygen atoms in total. The second-order valence-electron chi connectivity index (χ2n) is 7.71. The minimum Gasteiger partial charge on any atom is -0.491 e. The Morgan fingerprint density at radius 1 is 1.42 bits per heavy atom. The van der Waals surface area contributed by atoms with Crippen molar-refractivity contribution in [2.75, 3.05) is 46.5 Å². The zero-order valence-electron chi connectivity index (χ0n) is 18.1. The van der Waals surface area contributed by atoms with Crippen LogP contribution in [-0.2, 0) is 16.0 Å². The Bertz CT molecular complexity index is 846. The van der Waals surface area contributed by atoms with E-state index in [0.717, 1.165) is 12.0 Å². The lowest BCUT2D eigenvalue weighted by molar-refractivity contribution is -0.136. The van der Waals surface area contributed by atoms with Gasteiger partial charge in [-0.3, -0.25) is 9.69 Å². The summed E-state index contributed by atoms with van der Waals surface area (Å²) in [6.07, 6.45) is 0.954. The number of methoxy groups -OCH3 is 1. The van der Waals surface area contributed by atoms with Crippen LogP contribution >= 0.6 is 11.3 Å². The highest BCUT2D eigenvalue weighted by Crippen LogP contribution is 2.34. The first-order chi connectivity index (χ1) is 15.0. The van der Waals surface area contributed by atoms with Crippen molar-refractivity contribution in [1.29, 1.82) is 0 Å². The SMILES string of the molecule is CC[C@@H](O)CN(CCOC)CC(=O)N1CCc2sccc2[C@H]1COc1cccc(F)c1. The molecule has 2 atom stereocenters. The van der Waals surface area contributed by atoms with Gasteiger partial charge in [-0.05, 0) is 42.0 Å². The minimum atomic E-state index is -0.485. The van der Waals surface area contributed by atoms with Gasteiger partial charge in [-0.15, -0.1) is 11.3 Å². The molecule has 0 saturated heterocycles. The van der Waals surface area contributed by atoms with Crippen LogP contribution in [0.3, 0.4) is 0 Å². The lowest BCUT2D eigenvalue weighted by atomic mass is 10.0. The lowest BCUT2D eigenvalue weighted by Crippen LogP contribution is -2.48. The maximum Gasteiger partial charge on any atom is 0.237 e. The fourth-order valence-corrected chi connectivity index (χ4v) is 4.70. The molecule has 0 bridgehead atoms. The highest BCUT2D eigenvalue weighted by atomic mass is 32.1. The van der Waals surface area contributed by atoms with E-state index >= 15 is 0 Å². The van der Waals surface area contributed by atoms with E-state index in [1.807, 2.05) is 28.2 Å². The van der Waals surface area contributed by atoms with E-state index in [0.29, 0.717) is 38.4 Å². The molecule has 1 N–H and O–H groups in total. The molecule has 2 heterocycles. The molecule has 31 heavy (non-hydrogen) atoms. The summed E-state index contributed by atoms with van der Waals surface area (Å²) in [4.78, 5) is 18.3. The normalized spacial score (nSPS) is 16.9. The molecule has 3 rings (SSSR count). The van der Waals surface area contributed by atoms with Crippen LogP contribution in [0.2, 0.25) is 0 Å². The summed E-state index contributed by atoms with van der Waals surface area (Å²) < 4.78 is 24.6. The van der Waals surface area contributed by atoms with E-state index in [4.69, 9.17) is 9.47 Å². The molecular formula is C23H31FN2O4S. The summed E-state index contributed by atoms with van der Waals surface area (Å²) >= 11 is 1.69. The fraction of sp³-hybridized carbons (Fsp3) is 0.522. The number of aliphatic hydroxyl groups is 1. The summed E-state index contributed by atoms with van der Waals surface area (Å²) in [6.45, 7) is 4.48. The molecule has 8 heteroatoms. The number of nitrogens with zero attached hydrogens (tertiary/aromatic N) is 2. The van der Waals surface area contributed by atoms with Gasteiger partial charge in [0.2, 0.25) is 5.91 Å². The van der Waals surface area contributed by atoms with Gasteiger partial charge < -0.3 is 19.5 Å². The van der Waals surface area contributed by atoms with Crippen LogP contribution in [0, 0.1) is 5.82 Å². The molecule has 0 radical (unpaired) electrons. The molecule has 2 aromatic rings. The van der Waals surface area contributed by atoms with Gasteiger partial charge >= 0.3 is 0 Å². The third kappa shape index (κ3) is 6.49. The van der Waals surface area contributed by atoms with Gasteiger partial charge in [0.1, 0.15) is 18.2 Å². The number of carbonyl (C=O) groups excluding carboxylic acids is 1. The number of ether oxygens (including phenoxy) is 2. The lowest BCUT2D eigenvalue weighted by Gasteiger charge is -2.37. The molecule has 0 unspecified atom stereocenters. The number of aliphatic hydroxyl groups excluding tert-OH is 1. The number of benzene rings is 1. The summed E-state index contributed by atoms with van der Waals surface area (Å²) in [5.74, 6) is 0.0835. The third-order valence-corrected chi connectivity index (χ3v) is 6.53. The predicted molar refractivity (Wildman–Crippen MR) is 119 cm³/mol. The highest BCUT2D eigenvalue weighted by Gasteiger charge is 2.33. The average Bonchev–Trinajstić information content (AvgIpc) is 3.24. The Morgan fingerprint density at radius 3 is 3.00 bits per heavy atom. The van der Waals surface area contributed by atoms with Crippen molar-refractivity contribution in [2.45, 2.75) is 31.9 Å². The molecular weight excluding hydrogens is 419 g/mol. The number of carbonyl (C=O) groups is 1. The predicted octanol–water partition coefficient (Wildman–Crippen LogP) is 3.11. The number of hydrogen-bond acceptors (Lipinski definition) is 6. The van der Waals surface area contributed by atoms with E-state index in [2.05, 4.69) is 0 Å². The largest absolute Gasteiger partial charge is 0.491 e. The van der Waals surface area contributed by atoms with Gasteiger partial charge in [0.25, 0.3) is 0 Å². The standard InChI is InChI=1S/C23H31FN2O4S/c1-3-18(27)14-25(10-11-29-2)15-23(28)26-9-7-22-20(8-12-31-22)21(26)16-30-19-6-4-5-17(24)13-19/h4-6,8,12-13,18,21,27H,3,7,9-11,14-16H2,1-2H3/t18-,21-/m1/s1. The second-order valence-corrected chi connectivity index (χ2v) is 8.71. The number of rotatable bonds is 11. The topological polar surface area (TPSA) is 62.2 Å². The third-order valence-electron chi connectivity index (χ3n) is 5.53. The van der Waals surface area contributed by atoms with E-state index in [9.17, 15) is 14.3 Å². The zero-order valence-corrected chi connectivity index (χ0v) is 18.9. The van der Waals surface area contributed by atoms with Gasteiger partial charge in [0.05, 0.1) is 25.3 Å². The Morgan fingerprint density at radius 2 is 2.26 bits per heavy atom. The molecule has 0 saturated carbocycles. The van der Waals surface area contributed by atoms with Crippen molar-refractivity contribution in [3.05, 3.63) is 52.0 Å². The van der Waals surface area contributed by atoms with E-state index < -0.39 is 6.10 Å². The van der Waals surface area contributed by atoms with Crippen molar-refractivity contribution in [3.8, 4) is 5.75 Å². The molecule has 0 spiro atoms. The van der Waals surface area contributed by atoms with E-state index in [-0.39, 0.29) is 30.9 Å². The Labute approximate surface area is 187 Å². The van der Waals surface area contributed by atoms with Crippen LogP contribution in [0.4, 0.5) is 4.39 Å². The van der Waals surface area contributed by atoms with Crippen molar-refractivity contribution in [2.24, 2.45) is 0 Å². The van der Waals surface area contributed by atoms with Crippen LogP contribution in [0.5, 0.6) is 5.75 Å². The van der Waals surface area contributed by atoms with Crippen LogP contribution in [0.25, 0.3) is 0 Å². The van der Waals surface area contributed by atoms with E-state index in [1.165, 1.54) is 17.0 Å². The van der Waals surface area contributed by atoms with Gasteiger partial charge in [0, 0.05) is 37.7 Å². The minimum absolute atomic E-state index is 0.0101. The van der Waals surface area contributed by atoms with Crippen LogP contribution in [-0.4, -0.2) is 73.4 Å².